The van der Waals surface area contributed by atoms with Crippen LogP contribution in [-0.2, 0) is 28.0 Å². The Morgan fingerprint density at radius 3 is 2.69 bits per heavy atom. The number of hydrogen-bond donors (Lipinski definition) is 3. The molecule has 48 heavy (non-hydrogen) atoms. The number of anilines is 1. The van der Waals surface area contributed by atoms with Crippen LogP contribution in [0.15, 0.2) is 86.3 Å². The van der Waals surface area contributed by atoms with Crippen LogP contribution in [0.3, 0.4) is 0 Å². The highest BCUT2D eigenvalue weighted by Crippen LogP contribution is 2.60. The van der Waals surface area contributed by atoms with E-state index in [9.17, 15) is 9.59 Å². The Bertz CT molecular complexity index is 2060. The number of alkyl carbamates (subject to hydrolysis) is 1. The smallest absolute Gasteiger partial charge is 0.408 e. The fraction of sp³-hybridized carbons (Fsp3) is 0.278. The molecule has 4 bridgehead atoms. The number of nitrogens with one attached hydrogen (secondary N) is 3. The van der Waals surface area contributed by atoms with Gasteiger partial charge in [0.15, 0.2) is 17.7 Å². The first-order valence-electron chi connectivity index (χ1n) is 15.8. The maximum atomic E-state index is 14.0. The fourth-order valence-electron chi connectivity index (χ4n) is 6.85. The van der Waals surface area contributed by atoms with E-state index in [-0.39, 0.29) is 24.8 Å². The van der Waals surface area contributed by atoms with E-state index in [1.165, 1.54) is 0 Å². The molecule has 8 rings (SSSR count). The molecular weight excluding hydrogens is 678 g/mol. The lowest BCUT2D eigenvalue weighted by molar-refractivity contribution is -0.124. The SMILES string of the molecule is Cc1coc(-c2nc3oc2C24c5cc(ccc5O[C@@H]2Nc2c(Br)cccc24)C[C@H](NC(=O)OCc2ccccc2)C(=O)N[C@H]3C(C)C)n1. The van der Waals surface area contributed by atoms with Crippen LogP contribution in [0, 0.1) is 12.8 Å². The number of amides is 2. The summed E-state index contributed by atoms with van der Waals surface area (Å²) in [7, 11) is 0. The van der Waals surface area contributed by atoms with Gasteiger partial charge >= 0.3 is 6.09 Å². The maximum absolute atomic E-state index is 14.0. The standard InChI is InChI=1S/C36H32BrN5O6/c1-18(2)27-33-41-29(32-38-19(3)16-45-32)30(48-33)36-22-10-7-11-24(37)28(22)42-34(36)47-26-13-12-21(14-23(26)36)15-25(31(43)40-27)39-35(44)46-17-20-8-5-4-6-9-20/h4-14,16,18,25,27,34,42H,15,17H2,1-3H3,(H,39,44)(H,40,43)/t25-,27-,34-,36?/m0/s1. The fourth-order valence-corrected chi connectivity index (χ4v) is 7.33. The van der Waals surface area contributed by atoms with Crippen LogP contribution in [0.1, 0.15) is 59.5 Å². The Morgan fingerprint density at radius 1 is 1.08 bits per heavy atom. The van der Waals surface area contributed by atoms with Crippen LogP contribution >= 0.6 is 15.9 Å². The molecule has 0 saturated heterocycles. The molecule has 2 amide bonds. The van der Waals surface area contributed by atoms with Crippen molar-refractivity contribution in [3.63, 3.8) is 0 Å². The topological polar surface area (TPSA) is 141 Å². The van der Waals surface area contributed by atoms with Crippen molar-refractivity contribution in [1.29, 1.82) is 0 Å². The van der Waals surface area contributed by atoms with E-state index >= 15 is 0 Å². The second-order valence-corrected chi connectivity index (χ2v) is 13.5. The van der Waals surface area contributed by atoms with E-state index in [0.717, 1.165) is 32.4 Å². The Labute approximate surface area is 284 Å². The number of nitrogens with zero attached hydrogens (tertiary/aromatic N) is 2. The van der Waals surface area contributed by atoms with E-state index in [0.29, 0.717) is 28.8 Å². The van der Waals surface area contributed by atoms with E-state index in [1.54, 1.807) is 6.26 Å². The van der Waals surface area contributed by atoms with Gasteiger partial charge in [-0.25, -0.2) is 14.8 Å². The van der Waals surface area contributed by atoms with Crippen molar-refractivity contribution in [3.05, 3.63) is 117 Å². The maximum Gasteiger partial charge on any atom is 0.408 e. The number of carbonyl (C=O) groups is 2. The van der Waals surface area contributed by atoms with Gasteiger partial charge in [-0.15, -0.1) is 0 Å². The first kappa shape index (κ1) is 30.2. The summed E-state index contributed by atoms with van der Waals surface area (Å²) in [4.78, 5) is 36.7. The lowest BCUT2D eigenvalue weighted by Crippen LogP contribution is -2.49. The molecule has 5 aromatic rings. The quantitative estimate of drug-likeness (QED) is 0.185. The predicted molar refractivity (Wildman–Crippen MR) is 178 cm³/mol. The van der Waals surface area contributed by atoms with Crippen molar-refractivity contribution in [1.82, 2.24) is 20.6 Å². The number of halogens is 1. The molecule has 1 spiro atoms. The van der Waals surface area contributed by atoms with Gasteiger partial charge in [0.05, 0.1) is 11.4 Å². The van der Waals surface area contributed by atoms with Gasteiger partial charge in [-0.2, -0.15) is 0 Å². The summed E-state index contributed by atoms with van der Waals surface area (Å²) >= 11 is 3.73. The van der Waals surface area contributed by atoms with Gasteiger partial charge in [-0.05, 0) is 52.0 Å². The highest BCUT2D eigenvalue weighted by atomic mass is 79.9. The van der Waals surface area contributed by atoms with Gasteiger partial charge in [0.2, 0.25) is 17.7 Å². The molecule has 244 valence electrons. The molecule has 3 aromatic carbocycles. The molecule has 1 unspecified atom stereocenters. The zero-order chi connectivity index (χ0) is 33.2. The predicted octanol–water partition coefficient (Wildman–Crippen LogP) is 6.54. The molecule has 11 nitrogen and oxygen atoms in total. The minimum Gasteiger partial charge on any atom is -0.469 e. The van der Waals surface area contributed by atoms with Crippen LogP contribution in [0.2, 0.25) is 0 Å². The molecular formula is C36H32BrN5O6. The zero-order valence-corrected chi connectivity index (χ0v) is 28.0. The van der Waals surface area contributed by atoms with E-state index in [1.807, 2.05) is 87.5 Å². The van der Waals surface area contributed by atoms with Gasteiger partial charge < -0.3 is 34.3 Å². The zero-order valence-electron chi connectivity index (χ0n) is 26.4. The number of ether oxygens (including phenoxy) is 2. The molecule has 4 atom stereocenters. The van der Waals surface area contributed by atoms with Gasteiger partial charge in [-0.1, -0.05) is 68.4 Å². The average molecular weight is 711 g/mol. The van der Waals surface area contributed by atoms with Crippen molar-refractivity contribution in [2.75, 3.05) is 5.32 Å². The third-order valence-electron chi connectivity index (χ3n) is 9.14. The molecule has 0 radical (unpaired) electrons. The second-order valence-electron chi connectivity index (χ2n) is 12.7. The lowest BCUT2D eigenvalue weighted by atomic mass is 9.72. The first-order valence-corrected chi connectivity index (χ1v) is 16.6. The van der Waals surface area contributed by atoms with E-state index in [2.05, 4.69) is 36.9 Å². The Hall–Kier alpha value is -5.10. The lowest BCUT2D eigenvalue weighted by Gasteiger charge is -2.28. The number of oxazole rings is 2. The van der Waals surface area contributed by atoms with Crippen molar-refractivity contribution in [2.24, 2.45) is 5.92 Å². The van der Waals surface area contributed by atoms with Crippen LogP contribution in [0.4, 0.5) is 10.5 Å². The van der Waals surface area contributed by atoms with Gasteiger partial charge in [0.25, 0.3) is 0 Å². The van der Waals surface area contributed by atoms with E-state index < -0.39 is 35.7 Å². The van der Waals surface area contributed by atoms with Gasteiger partial charge in [0.1, 0.15) is 36.1 Å². The number of para-hydroxylation sites is 1. The van der Waals surface area contributed by atoms with Crippen LogP contribution in [0.5, 0.6) is 5.75 Å². The summed E-state index contributed by atoms with van der Waals surface area (Å²) in [6.07, 6.45) is 0.471. The summed E-state index contributed by atoms with van der Waals surface area (Å²) in [5, 5.41) is 9.50. The molecule has 0 aliphatic carbocycles. The Morgan fingerprint density at radius 2 is 1.92 bits per heavy atom. The van der Waals surface area contributed by atoms with Crippen molar-refractivity contribution in [2.45, 2.75) is 57.5 Å². The van der Waals surface area contributed by atoms with Crippen LogP contribution < -0.4 is 20.7 Å². The van der Waals surface area contributed by atoms with E-state index in [4.69, 9.17) is 23.3 Å². The molecule has 3 aliphatic heterocycles. The molecule has 0 saturated carbocycles. The summed E-state index contributed by atoms with van der Waals surface area (Å²) < 4.78 is 25.8. The number of benzene rings is 3. The van der Waals surface area contributed by atoms with Crippen molar-refractivity contribution >= 4 is 33.6 Å². The number of aromatic nitrogens is 2. The highest BCUT2D eigenvalue weighted by molar-refractivity contribution is 9.10. The number of aryl methyl sites for hydroxylation is 1. The number of carbonyl (C=O) groups excluding carboxylic acids is 2. The van der Waals surface area contributed by atoms with Gasteiger partial charge in [0, 0.05) is 22.0 Å². The summed E-state index contributed by atoms with van der Waals surface area (Å²) in [6.45, 7) is 5.85. The molecule has 0 fully saturated rings. The number of fused-ring (bicyclic) bond motifs is 4. The highest BCUT2D eigenvalue weighted by Gasteiger charge is 2.61. The minimum absolute atomic E-state index is 0.0693. The Balaban J connectivity index is 1.29. The van der Waals surface area contributed by atoms with Crippen LogP contribution in [-0.4, -0.2) is 34.2 Å². The second kappa shape index (κ2) is 11.6. The molecule has 5 heterocycles. The molecule has 12 heteroatoms. The average Bonchev–Trinajstić information content (AvgIpc) is 3.84. The molecule has 3 N–H and O–H groups in total. The molecule has 2 aromatic heterocycles. The summed E-state index contributed by atoms with van der Waals surface area (Å²) in [6, 6.07) is 19.6. The number of hydrogen-bond acceptors (Lipinski definition) is 9. The first-order chi connectivity index (χ1) is 23.2. The summed E-state index contributed by atoms with van der Waals surface area (Å²) in [5.74, 6) is 1.18. The molecule has 3 aliphatic rings. The third kappa shape index (κ3) is 4.85. The normalized spacial score (nSPS) is 22.0. The largest absolute Gasteiger partial charge is 0.469 e. The third-order valence-corrected chi connectivity index (χ3v) is 9.80. The summed E-state index contributed by atoms with van der Waals surface area (Å²) in [5.41, 5.74) is 4.36. The van der Waals surface area contributed by atoms with Crippen LogP contribution in [0.25, 0.3) is 11.6 Å². The van der Waals surface area contributed by atoms with Crippen molar-refractivity contribution in [3.8, 4) is 17.3 Å². The monoisotopic (exact) mass is 709 g/mol. The minimum atomic E-state index is -1.00. The van der Waals surface area contributed by atoms with Gasteiger partial charge in [-0.3, -0.25) is 4.79 Å². The Kier molecular flexibility index (Phi) is 7.28. The van der Waals surface area contributed by atoms with Crippen molar-refractivity contribution < 1.29 is 27.9 Å². The number of rotatable bonds is 5.